The third-order valence-electron chi connectivity index (χ3n) is 3.92. The third-order valence-corrected chi connectivity index (χ3v) is 5.17. The van der Waals surface area contributed by atoms with Gasteiger partial charge in [0.25, 0.3) is 5.91 Å². The molecule has 26 heavy (non-hydrogen) atoms. The summed E-state index contributed by atoms with van der Waals surface area (Å²) in [5.41, 5.74) is 3.96. The van der Waals surface area contributed by atoms with Gasteiger partial charge in [-0.15, -0.1) is 16.4 Å². The van der Waals surface area contributed by atoms with E-state index in [-0.39, 0.29) is 5.91 Å². The van der Waals surface area contributed by atoms with Crippen LogP contribution in [0.5, 0.6) is 0 Å². The molecule has 4 rings (SSSR count). The van der Waals surface area contributed by atoms with Crippen molar-refractivity contribution in [1.82, 2.24) is 20.0 Å². The first-order valence-corrected chi connectivity index (χ1v) is 9.67. The summed E-state index contributed by atoms with van der Waals surface area (Å²) in [5, 5.41) is 13.5. The Kier molecular flexibility index (Phi) is 4.52. The van der Waals surface area contributed by atoms with E-state index in [2.05, 4.69) is 36.5 Å². The maximum absolute atomic E-state index is 12.5. The normalized spacial score (nSPS) is 11.0. The van der Waals surface area contributed by atoms with E-state index in [1.165, 1.54) is 11.3 Å². The number of anilines is 1. The van der Waals surface area contributed by atoms with Gasteiger partial charge in [-0.25, -0.2) is 9.67 Å². The highest BCUT2D eigenvalue weighted by Crippen LogP contribution is 2.27. The molecule has 1 amide bonds. The van der Waals surface area contributed by atoms with E-state index in [1.54, 1.807) is 16.8 Å². The molecular formula is C18H14BrN5OS. The van der Waals surface area contributed by atoms with Crippen LogP contribution in [0.25, 0.3) is 22.3 Å². The van der Waals surface area contributed by atoms with Crippen molar-refractivity contribution in [2.45, 2.75) is 13.5 Å². The molecule has 0 saturated heterocycles. The number of halogens is 1. The second-order valence-electron chi connectivity index (χ2n) is 5.61. The summed E-state index contributed by atoms with van der Waals surface area (Å²) in [6.45, 7) is 2.74. The van der Waals surface area contributed by atoms with Gasteiger partial charge in [-0.05, 0) is 37.3 Å². The number of aryl methyl sites for hydroxylation is 1. The molecule has 0 saturated carbocycles. The Bertz CT molecular complexity index is 1100. The number of carbonyl (C=O) groups excluding carboxylic acids is 1. The minimum Gasteiger partial charge on any atom is -0.298 e. The molecule has 0 spiro atoms. The van der Waals surface area contributed by atoms with Crippen LogP contribution in [0.15, 0.2) is 52.3 Å². The number of carbonyl (C=O) groups is 1. The van der Waals surface area contributed by atoms with Crippen LogP contribution in [0.1, 0.15) is 17.3 Å². The third kappa shape index (κ3) is 3.25. The predicted octanol–water partition coefficient (Wildman–Crippen LogP) is 4.59. The minimum absolute atomic E-state index is 0.215. The molecule has 2 heterocycles. The molecule has 130 valence electrons. The zero-order chi connectivity index (χ0) is 18.1. The van der Waals surface area contributed by atoms with Gasteiger partial charge in [-0.2, -0.15) is 0 Å². The van der Waals surface area contributed by atoms with E-state index >= 15 is 0 Å². The zero-order valence-corrected chi connectivity index (χ0v) is 16.2. The first-order chi connectivity index (χ1) is 12.6. The lowest BCUT2D eigenvalue weighted by molar-refractivity contribution is 0.102. The number of rotatable bonds is 4. The van der Waals surface area contributed by atoms with Crippen molar-refractivity contribution in [2.24, 2.45) is 0 Å². The standard InChI is InChI=1S/C18H14BrN5OS/c1-2-24-16-7-6-12(9-14(16)22-23-24)17(25)21-18-20-15(10-26-18)11-4-3-5-13(19)8-11/h3-10H,2H2,1H3,(H,20,21,25). The van der Waals surface area contributed by atoms with Crippen LogP contribution in [-0.2, 0) is 6.54 Å². The van der Waals surface area contributed by atoms with Gasteiger partial charge in [0.2, 0.25) is 0 Å². The van der Waals surface area contributed by atoms with Gasteiger partial charge >= 0.3 is 0 Å². The first kappa shape index (κ1) is 16.9. The highest BCUT2D eigenvalue weighted by Gasteiger charge is 2.12. The summed E-state index contributed by atoms with van der Waals surface area (Å²) in [6.07, 6.45) is 0. The topological polar surface area (TPSA) is 72.7 Å². The van der Waals surface area contributed by atoms with Gasteiger partial charge < -0.3 is 0 Å². The fourth-order valence-corrected chi connectivity index (χ4v) is 3.74. The maximum atomic E-state index is 12.5. The average molecular weight is 428 g/mol. The summed E-state index contributed by atoms with van der Waals surface area (Å²) < 4.78 is 2.78. The molecule has 0 bridgehead atoms. The number of hydrogen-bond acceptors (Lipinski definition) is 5. The predicted molar refractivity (Wildman–Crippen MR) is 106 cm³/mol. The van der Waals surface area contributed by atoms with Crippen molar-refractivity contribution in [3.8, 4) is 11.3 Å². The lowest BCUT2D eigenvalue weighted by Gasteiger charge is -2.02. The molecule has 6 nitrogen and oxygen atoms in total. The Balaban J connectivity index is 1.55. The number of benzene rings is 2. The Morgan fingerprint density at radius 1 is 1.27 bits per heavy atom. The Hall–Kier alpha value is -2.58. The van der Waals surface area contributed by atoms with Crippen LogP contribution in [0.2, 0.25) is 0 Å². The highest BCUT2D eigenvalue weighted by molar-refractivity contribution is 9.10. The van der Waals surface area contributed by atoms with Gasteiger partial charge in [0.15, 0.2) is 5.13 Å². The SMILES string of the molecule is CCn1nnc2cc(C(=O)Nc3nc(-c4cccc(Br)c4)cs3)ccc21. The van der Waals surface area contributed by atoms with Crippen LogP contribution in [0.4, 0.5) is 5.13 Å². The lowest BCUT2D eigenvalue weighted by Crippen LogP contribution is -2.11. The Morgan fingerprint density at radius 3 is 2.96 bits per heavy atom. The number of amides is 1. The fraction of sp³-hybridized carbons (Fsp3) is 0.111. The van der Waals surface area contributed by atoms with E-state index < -0.39 is 0 Å². The molecule has 0 aliphatic rings. The molecule has 0 atom stereocenters. The quantitative estimate of drug-likeness (QED) is 0.516. The number of hydrogen-bond donors (Lipinski definition) is 1. The average Bonchev–Trinajstić information content (AvgIpc) is 3.27. The monoisotopic (exact) mass is 427 g/mol. The Morgan fingerprint density at radius 2 is 2.15 bits per heavy atom. The molecular weight excluding hydrogens is 414 g/mol. The van der Waals surface area contributed by atoms with Crippen molar-refractivity contribution in [2.75, 3.05) is 5.32 Å². The van der Waals surface area contributed by atoms with Crippen LogP contribution in [-0.4, -0.2) is 25.9 Å². The number of fused-ring (bicyclic) bond motifs is 1. The van der Waals surface area contributed by atoms with Gasteiger partial charge in [0.05, 0.1) is 11.2 Å². The molecule has 2 aromatic carbocycles. The molecule has 0 fully saturated rings. The van der Waals surface area contributed by atoms with E-state index in [1.807, 2.05) is 42.6 Å². The van der Waals surface area contributed by atoms with E-state index in [0.29, 0.717) is 16.2 Å². The van der Waals surface area contributed by atoms with Gasteiger partial charge in [0, 0.05) is 27.5 Å². The van der Waals surface area contributed by atoms with Crippen LogP contribution < -0.4 is 5.32 Å². The second kappa shape index (κ2) is 6.97. The molecule has 1 N–H and O–H groups in total. The molecule has 2 aromatic heterocycles. The summed E-state index contributed by atoms with van der Waals surface area (Å²) >= 11 is 4.85. The maximum Gasteiger partial charge on any atom is 0.257 e. The summed E-state index contributed by atoms with van der Waals surface area (Å²) in [5.74, 6) is -0.215. The number of nitrogens with one attached hydrogen (secondary N) is 1. The molecule has 0 radical (unpaired) electrons. The van der Waals surface area contributed by atoms with E-state index in [9.17, 15) is 4.79 Å². The van der Waals surface area contributed by atoms with E-state index in [0.717, 1.165) is 27.8 Å². The first-order valence-electron chi connectivity index (χ1n) is 8.00. The molecule has 4 aromatic rings. The van der Waals surface area contributed by atoms with Crippen molar-refractivity contribution < 1.29 is 4.79 Å². The molecule has 0 aliphatic carbocycles. The van der Waals surface area contributed by atoms with Crippen LogP contribution >= 0.6 is 27.3 Å². The fourth-order valence-electron chi connectivity index (χ4n) is 2.63. The Labute approximate surface area is 162 Å². The highest BCUT2D eigenvalue weighted by atomic mass is 79.9. The number of nitrogens with zero attached hydrogens (tertiary/aromatic N) is 4. The second-order valence-corrected chi connectivity index (χ2v) is 7.38. The van der Waals surface area contributed by atoms with Crippen molar-refractivity contribution in [1.29, 1.82) is 0 Å². The van der Waals surface area contributed by atoms with Crippen molar-refractivity contribution in [3.63, 3.8) is 0 Å². The van der Waals surface area contributed by atoms with Gasteiger partial charge in [0.1, 0.15) is 5.52 Å². The van der Waals surface area contributed by atoms with Crippen LogP contribution in [0, 0.1) is 0 Å². The minimum atomic E-state index is -0.215. The largest absolute Gasteiger partial charge is 0.298 e. The van der Waals surface area contributed by atoms with E-state index in [4.69, 9.17) is 0 Å². The summed E-state index contributed by atoms with van der Waals surface area (Å²) in [7, 11) is 0. The van der Waals surface area contributed by atoms with Gasteiger partial charge in [-0.1, -0.05) is 33.3 Å². The zero-order valence-electron chi connectivity index (χ0n) is 13.8. The summed E-state index contributed by atoms with van der Waals surface area (Å²) in [4.78, 5) is 17.0. The van der Waals surface area contributed by atoms with Gasteiger partial charge in [-0.3, -0.25) is 10.1 Å². The smallest absolute Gasteiger partial charge is 0.257 e. The molecule has 8 heteroatoms. The molecule has 0 aliphatic heterocycles. The summed E-state index contributed by atoms with van der Waals surface area (Å²) in [6, 6.07) is 13.3. The van der Waals surface area contributed by atoms with Crippen LogP contribution in [0.3, 0.4) is 0 Å². The molecule has 0 unspecified atom stereocenters. The lowest BCUT2D eigenvalue weighted by atomic mass is 10.2. The number of thiazole rings is 1. The van der Waals surface area contributed by atoms with Crippen molar-refractivity contribution in [3.05, 3.63) is 57.9 Å². The number of aromatic nitrogens is 4. The van der Waals surface area contributed by atoms with Crippen molar-refractivity contribution >= 4 is 49.3 Å².